The van der Waals surface area contributed by atoms with E-state index in [0.29, 0.717) is 19.0 Å². The van der Waals surface area contributed by atoms with Gasteiger partial charge in [-0.05, 0) is 24.6 Å². The van der Waals surface area contributed by atoms with Crippen LogP contribution in [0.25, 0.3) is 6.08 Å². The topological polar surface area (TPSA) is 62.2 Å². The lowest BCUT2D eigenvalue weighted by Crippen LogP contribution is -2.48. The SMILES string of the molecule is Cc1cc(N2CCN(C(=O)/C=C/c3cccnc3)CC2)nc(C(C)C)n1. The lowest BCUT2D eigenvalue weighted by Gasteiger charge is -2.35. The van der Waals surface area contributed by atoms with Gasteiger partial charge in [0.1, 0.15) is 11.6 Å². The summed E-state index contributed by atoms with van der Waals surface area (Å²) in [5, 5.41) is 0. The van der Waals surface area contributed by atoms with Gasteiger partial charge in [0, 0.05) is 62.3 Å². The summed E-state index contributed by atoms with van der Waals surface area (Å²) in [5.41, 5.74) is 1.91. The molecule has 0 N–H and O–H groups in total. The van der Waals surface area contributed by atoms with Crippen LogP contribution in [0.15, 0.2) is 36.7 Å². The number of carbonyl (C=O) groups excluding carboxylic acids is 1. The van der Waals surface area contributed by atoms with Crippen LogP contribution in [0.2, 0.25) is 0 Å². The van der Waals surface area contributed by atoms with Gasteiger partial charge in [0.2, 0.25) is 5.91 Å². The molecule has 6 nitrogen and oxygen atoms in total. The minimum atomic E-state index is 0.0373. The molecule has 3 rings (SSSR count). The highest BCUT2D eigenvalue weighted by atomic mass is 16.2. The molecule has 1 amide bonds. The summed E-state index contributed by atoms with van der Waals surface area (Å²) < 4.78 is 0. The van der Waals surface area contributed by atoms with Gasteiger partial charge in [0.05, 0.1) is 0 Å². The molecule has 0 saturated carbocycles. The molecule has 0 aromatic carbocycles. The Morgan fingerprint density at radius 2 is 1.96 bits per heavy atom. The molecule has 1 aliphatic heterocycles. The molecule has 6 heteroatoms. The van der Waals surface area contributed by atoms with Gasteiger partial charge in [-0.15, -0.1) is 0 Å². The Labute approximate surface area is 154 Å². The average Bonchev–Trinajstić information content (AvgIpc) is 2.66. The van der Waals surface area contributed by atoms with Crippen molar-refractivity contribution in [2.24, 2.45) is 0 Å². The van der Waals surface area contributed by atoms with Crippen LogP contribution in [0.5, 0.6) is 0 Å². The molecule has 3 heterocycles. The van der Waals surface area contributed by atoms with Crippen molar-refractivity contribution in [2.45, 2.75) is 26.7 Å². The van der Waals surface area contributed by atoms with Crippen LogP contribution in [-0.4, -0.2) is 51.9 Å². The van der Waals surface area contributed by atoms with E-state index in [9.17, 15) is 4.79 Å². The minimum Gasteiger partial charge on any atom is -0.353 e. The normalized spacial score (nSPS) is 15.1. The third kappa shape index (κ3) is 4.45. The third-order valence-electron chi connectivity index (χ3n) is 4.39. The van der Waals surface area contributed by atoms with Crippen molar-refractivity contribution in [1.82, 2.24) is 19.9 Å². The van der Waals surface area contributed by atoms with Crippen molar-refractivity contribution >= 4 is 17.8 Å². The van der Waals surface area contributed by atoms with Gasteiger partial charge in [-0.3, -0.25) is 9.78 Å². The zero-order chi connectivity index (χ0) is 18.5. The van der Waals surface area contributed by atoms with Gasteiger partial charge in [0.15, 0.2) is 0 Å². The van der Waals surface area contributed by atoms with Crippen molar-refractivity contribution in [2.75, 3.05) is 31.1 Å². The Balaban J connectivity index is 1.60. The van der Waals surface area contributed by atoms with Crippen molar-refractivity contribution in [3.63, 3.8) is 0 Å². The van der Waals surface area contributed by atoms with Crippen LogP contribution in [0.4, 0.5) is 5.82 Å². The maximum atomic E-state index is 12.4. The highest BCUT2D eigenvalue weighted by molar-refractivity contribution is 5.91. The number of amides is 1. The summed E-state index contributed by atoms with van der Waals surface area (Å²) in [6.45, 7) is 9.14. The van der Waals surface area contributed by atoms with E-state index in [1.165, 1.54) is 0 Å². The number of hydrogen-bond acceptors (Lipinski definition) is 5. The summed E-state index contributed by atoms with van der Waals surface area (Å²) in [5.74, 6) is 2.17. The number of pyridine rings is 1. The van der Waals surface area contributed by atoms with E-state index in [1.54, 1.807) is 18.5 Å². The number of anilines is 1. The molecule has 0 spiro atoms. The Morgan fingerprint density at radius 3 is 2.62 bits per heavy atom. The molecule has 136 valence electrons. The van der Waals surface area contributed by atoms with Crippen LogP contribution >= 0.6 is 0 Å². The van der Waals surface area contributed by atoms with E-state index in [-0.39, 0.29) is 5.91 Å². The summed E-state index contributed by atoms with van der Waals surface area (Å²) in [6.07, 6.45) is 6.90. The number of aryl methyl sites for hydroxylation is 1. The Morgan fingerprint density at radius 1 is 1.19 bits per heavy atom. The molecule has 1 aliphatic rings. The number of rotatable bonds is 4. The molecular weight excluding hydrogens is 326 g/mol. The molecule has 1 fully saturated rings. The molecule has 1 saturated heterocycles. The Hall–Kier alpha value is -2.76. The first-order valence-electron chi connectivity index (χ1n) is 9.00. The Bertz CT molecular complexity index is 780. The van der Waals surface area contributed by atoms with Gasteiger partial charge in [-0.25, -0.2) is 9.97 Å². The van der Waals surface area contributed by atoms with Crippen molar-refractivity contribution in [3.05, 3.63) is 53.8 Å². The summed E-state index contributed by atoms with van der Waals surface area (Å²) in [7, 11) is 0. The van der Waals surface area contributed by atoms with Crippen LogP contribution in [0.3, 0.4) is 0 Å². The van der Waals surface area contributed by atoms with Crippen molar-refractivity contribution < 1.29 is 4.79 Å². The zero-order valence-electron chi connectivity index (χ0n) is 15.6. The number of aromatic nitrogens is 3. The second kappa shape index (κ2) is 8.08. The van der Waals surface area contributed by atoms with E-state index in [2.05, 4.69) is 28.7 Å². The minimum absolute atomic E-state index is 0.0373. The average molecular weight is 351 g/mol. The molecule has 0 radical (unpaired) electrons. The van der Waals surface area contributed by atoms with Gasteiger partial charge < -0.3 is 9.80 Å². The zero-order valence-corrected chi connectivity index (χ0v) is 15.6. The second-order valence-electron chi connectivity index (χ2n) is 6.81. The van der Waals surface area contributed by atoms with Crippen LogP contribution < -0.4 is 4.90 Å². The molecule has 0 bridgehead atoms. The van der Waals surface area contributed by atoms with E-state index >= 15 is 0 Å². The molecule has 0 atom stereocenters. The van der Waals surface area contributed by atoms with Crippen LogP contribution in [0.1, 0.15) is 36.8 Å². The predicted octanol–water partition coefficient (Wildman–Crippen LogP) is 2.67. The van der Waals surface area contributed by atoms with Gasteiger partial charge >= 0.3 is 0 Å². The van der Waals surface area contributed by atoms with Gasteiger partial charge in [-0.2, -0.15) is 0 Å². The monoisotopic (exact) mass is 351 g/mol. The first-order valence-corrected chi connectivity index (χ1v) is 9.00. The summed E-state index contributed by atoms with van der Waals surface area (Å²) >= 11 is 0. The first kappa shape index (κ1) is 18.0. The molecule has 2 aromatic rings. The van der Waals surface area contributed by atoms with E-state index in [0.717, 1.165) is 36.0 Å². The number of carbonyl (C=O) groups is 1. The maximum Gasteiger partial charge on any atom is 0.246 e. The quantitative estimate of drug-likeness (QED) is 0.793. The highest BCUT2D eigenvalue weighted by Crippen LogP contribution is 2.18. The number of piperazine rings is 1. The third-order valence-corrected chi connectivity index (χ3v) is 4.39. The van der Waals surface area contributed by atoms with Gasteiger partial charge in [0.25, 0.3) is 0 Å². The number of nitrogens with zero attached hydrogens (tertiary/aromatic N) is 5. The summed E-state index contributed by atoms with van der Waals surface area (Å²) in [6, 6.07) is 5.81. The predicted molar refractivity (Wildman–Crippen MR) is 103 cm³/mol. The van der Waals surface area contributed by atoms with E-state index in [1.807, 2.05) is 36.1 Å². The fourth-order valence-electron chi connectivity index (χ4n) is 2.90. The molecule has 0 unspecified atom stereocenters. The molecule has 2 aromatic heterocycles. The Kier molecular flexibility index (Phi) is 5.61. The lowest BCUT2D eigenvalue weighted by atomic mass is 10.2. The smallest absolute Gasteiger partial charge is 0.246 e. The molecular formula is C20H25N5O. The van der Waals surface area contributed by atoms with Gasteiger partial charge in [-0.1, -0.05) is 19.9 Å². The van der Waals surface area contributed by atoms with E-state index < -0.39 is 0 Å². The highest BCUT2D eigenvalue weighted by Gasteiger charge is 2.21. The first-order chi connectivity index (χ1) is 12.5. The standard InChI is InChI=1S/C20H25N5O/c1-15(2)20-22-16(3)13-18(23-20)24-9-11-25(12-10-24)19(26)7-6-17-5-4-8-21-14-17/h4-8,13-15H,9-12H2,1-3H3/b7-6+. The van der Waals surface area contributed by atoms with Crippen molar-refractivity contribution in [3.8, 4) is 0 Å². The molecule has 0 aliphatic carbocycles. The fourth-order valence-corrected chi connectivity index (χ4v) is 2.90. The van der Waals surface area contributed by atoms with Crippen LogP contribution in [-0.2, 0) is 4.79 Å². The van der Waals surface area contributed by atoms with E-state index in [4.69, 9.17) is 4.98 Å². The maximum absolute atomic E-state index is 12.4. The summed E-state index contributed by atoms with van der Waals surface area (Å²) in [4.78, 5) is 29.7. The largest absolute Gasteiger partial charge is 0.353 e. The van der Waals surface area contributed by atoms with Crippen LogP contribution in [0, 0.1) is 6.92 Å². The van der Waals surface area contributed by atoms with Crippen molar-refractivity contribution in [1.29, 1.82) is 0 Å². The fraction of sp³-hybridized carbons (Fsp3) is 0.400. The number of hydrogen-bond donors (Lipinski definition) is 0. The second-order valence-corrected chi connectivity index (χ2v) is 6.81. The molecule has 26 heavy (non-hydrogen) atoms. The lowest BCUT2D eigenvalue weighted by molar-refractivity contribution is -0.126.